The van der Waals surface area contributed by atoms with Gasteiger partial charge in [-0.05, 0) is 12.1 Å². The van der Waals surface area contributed by atoms with E-state index in [1.54, 1.807) is 18.2 Å². The number of carbonyl (C=O) groups excluding carboxylic acids is 1. The van der Waals surface area contributed by atoms with Gasteiger partial charge in [-0.3, -0.25) is 9.59 Å². The summed E-state index contributed by atoms with van der Waals surface area (Å²) in [4.78, 5) is 21.5. The van der Waals surface area contributed by atoms with Gasteiger partial charge in [0.25, 0.3) is 5.91 Å². The van der Waals surface area contributed by atoms with E-state index in [-0.39, 0.29) is 5.56 Å². The summed E-state index contributed by atoms with van der Waals surface area (Å²) in [5, 5.41) is 10.6. The Kier molecular flexibility index (Phi) is 3.06. The van der Waals surface area contributed by atoms with E-state index >= 15 is 0 Å². The number of carbonyl (C=O) groups is 2. The molecule has 0 atom stereocenters. The molecule has 0 aliphatic carbocycles. The van der Waals surface area contributed by atoms with Crippen LogP contribution in [0.4, 0.5) is 5.69 Å². The maximum atomic E-state index is 11.3. The molecule has 0 aromatic heterocycles. The molecule has 1 aromatic rings. The van der Waals surface area contributed by atoms with Gasteiger partial charge in [0.15, 0.2) is 0 Å². The number of para-hydroxylation sites is 1. The molecule has 4 N–H and O–H groups in total. The lowest BCUT2D eigenvalue weighted by Gasteiger charge is -2.04. The van der Waals surface area contributed by atoms with Crippen LogP contribution in [0.25, 0.3) is 0 Å². The molecule has 0 radical (unpaired) electrons. The van der Waals surface area contributed by atoms with Gasteiger partial charge in [0, 0.05) is 5.69 Å². The zero-order valence-corrected chi connectivity index (χ0v) is 7.36. The van der Waals surface area contributed by atoms with Gasteiger partial charge in [0.2, 0.25) is 0 Å². The van der Waals surface area contributed by atoms with E-state index in [9.17, 15) is 9.59 Å². The van der Waals surface area contributed by atoms with E-state index in [1.807, 2.05) is 0 Å². The summed E-state index contributed by atoms with van der Waals surface area (Å²) >= 11 is 0. The number of hydrogen-bond donors (Lipinski definition) is 3. The van der Waals surface area contributed by atoms with Gasteiger partial charge < -0.3 is 16.2 Å². The molecule has 0 aliphatic rings. The van der Waals surface area contributed by atoms with Crippen LogP contribution in [0.15, 0.2) is 24.3 Å². The fourth-order valence-corrected chi connectivity index (χ4v) is 0.955. The molecule has 1 aromatic carbocycles. The molecule has 0 bridgehead atoms. The molecule has 5 nitrogen and oxygen atoms in total. The number of carboxylic acids is 1. The number of rotatable bonds is 3. The maximum Gasteiger partial charge on any atom is 0.322 e. The van der Waals surface area contributed by atoms with Crippen LogP contribution in [0.1, 0.15) is 10.4 Å². The molecule has 5 heteroatoms. The predicted molar refractivity (Wildman–Crippen MR) is 50.8 cm³/mol. The average molecular weight is 194 g/mol. The third-order valence-corrected chi connectivity index (χ3v) is 1.61. The van der Waals surface area contributed by atoms with Crippen LogP contribution in [-0.2, 0) is 4.79 Å². The van der Waals surface area contributed by atoms with Crippen LogP contribution in [0.3, 0.4) is 0 Å². The SMILES string of the molecule is Nc1ccccc1C(=O)NCC(=O)O. The van der Waals surface area contributed by atoms with Crippen molar-refractivity contribution >= 4 is 17.6 Å². The third kappa shape index (κ3) is 2.48. The Hall–Kier alpha value is -2.04. The number of aliphatic carboxylic acids is 1. The first-order chi connectivity index (χ1) is 6.61. The summed E-state index contributed by atoms with van der Waals surface area (Å²) in [6, 6.07) is 6.47. The fraction of sp³-hybridized carbons (Fsp3) is 0.111. The largest absolute Gasteiger partial charge is 0.480 e. The number of nitrogens with one attached hydrogen (secondary N) is 1. The molecule has 74 valence electrons. The number of amides is 1. The van der Waals surface area contributed by atoms with Gasteiger partial charge in [-0.2, -0.15) is 0 Å². The molecule has 0 saturated heterocycles. The smallest absolute Gasteiger partial charge is 0.322 e. The van der Waals surface area contributed by atoms with Crippen molar-refractivity contribution in [2.75, 3.05) is 12.3 Å². The normalized spacial score (nSPS) is 9.43. The van der Waals surface area contributed by atoms with E-state index in [1.165, 1.54) is 6.07 Å². The second-order valence-corrected chi connectivity index (χ2v) is 2.66. The number of nitrogen functional groups attached to an aromatic ring is 1. The molecular weight excluding hydrogens is 184 g/mol. The number of carboxylic acid groups (broad SMARTS) is 1. The Bertz CT molecular complexity index is 363. The van der Waals surface area contributed by atoms with Crippen LogP contribution < -0.4 is 11.1 Å². The van der Waals surface area contributed by atoms with E-state index in [0.717, 1.165) is 0 Å². The van der Waals surface area contributed by atoms with Gasteiger partial charge in [0.1, 0.15) is 6.54 Å². The molecule has 1 amide bonds. The molecule has 0 heterocycles. The van der Waals surface area contributed by atoms with Crippen molar-refractivity contribution in [3.63, 3.8) is 0 Å². The highest BCUT2D eigenvalue weighted by atomic mass is 16.4. The Labute approximate surface area is 80.5 Å². The van der Waals surface area contributed by atoms with E-state index in [4.69, 9.17) is 10.8 Å². The standard InChI is InChI=1S/C9H10N2O3/c10-7-4-2-1-3-6(7)9(14)11-5-8(12)13/h1-4H,5,10H2,(H,11,14)(H,12,13). The summed E-state index contributed by atoms with van der Waals surface area (Å²) < 4.78 is 0. The summed E-state index contributed by atoms with van der Waals surface area (Å²) in [5.41, 5.74) is 6.13. The predicted octanol–water partition coefficient (Wildman–Crippen LogP) is 0.0832. The number of anilines is 1. The highest BCUT2D eigenvalue weighted by Crippen LogP contribution is 2.09. The molecule has 0 saturated carbocycles. The second-order valence-electron chi connectivity index (χ2n) is 2.66. The zero-order chi connectivity index (χ0) is 10.6. The number of hydrogen-bond acceptors (Lipinski definition) is 3. The van der Waals surface area contributed by atoms with E-state index in [0.29, 0.717) is 5.69 Å². The minimum atomic E-state index is -1.09. The zero-order valence-electron chi connectivity index (χ0n) is 7.36. The Morgan fingerprint density at radius 1 is 1.36 bits per heavy atom. The van der Waals surface area contributed by atoms with Crippen molar-refractivity contribution in [1.82, 2.24) is 5.32 Å². The van der Waals surface area contributed by atoms with Gasteiger partial charge in [0.05, 0.1) is 5.56 Å². The van der Waals surface area contributed by atoms with Crippen LogP contribution in [0, 0.1) is 0 Å². The summed E-state index contributed by atoms with van der Waals surface area (Å²) in [5.74, 6) is -1.57. The van der Waals surface area contributed by atoms with Crippen molar-refractivity contribution in [3.8, 4) is 0 Å². The summed E-state index contributed by atoms with van der Waals surface area (Å²) in [7, 11) is 0. The van der Waals surface area contributed by atoms with Crippen molar-refractivity contribution in [3.05, 3.63) is 29.8 Å². The lowest BCUT2D eigenvalue weighted by Crippen LogP contribution is -2.29. The third-order valence-electron chi connectivity index (χ3n) is 1.61. The Morgan fingerprint density at radius 2 is 2.00 bits per heavy atom. The second kappa shape index (κ2) is 4.27. The van der Waals surface area contributed by atoms with Gasteiger partial charge in [-0.25, -0.2) is 0 Å². The van der Waals surface area contributed by atoms with Gasteiger partial charge >= 0.3 is 5.97 Å². The molecular formula is C9H10N2O3. The molecule has 0 unspecified atom stereocenters. The molecule has 0 fully saturated rings. The minimum Gasteiger partial charge on any atom is -0.480 e. The molecule has 0 spiro atoms. The van der Waals surface area contributed by atoms with Crippen LogP contribution >= 0.6 is 0 Å². The average Bonchev–Trinajstić information content (AvgIpc) is 2.15. The lowest BCUT2D eigenvalue weighted by atomic mass is 10.2. The van der Waals surface area contributed by atoms with Crippen molar-refractivity contribution in [1.29, 1.82) is 0 Å². The van der Waals surface area contributed by atoms with E-state index < -0.39 is 18.4 Å². The molecule has 0 aliphatic heterocycles. The van der Waals surface area contributed by atoms with Crippen molar-refractivity contribution in [2.24, 2.45) is 0 Å². The number of benzene rings is 1. The first-order valence-corrected chi connectivity index (χ1v) is 3.95. The van der Waals surface area contributed by atoms with Crippen LogP contribution in [0.5, 0.6) is 0 Å². The van der Waals surface area contributed by atoms with Crippen LogP contribution in [0.2, 0.25) is 0 Å². The first-order valence-electron chi connectivity index (χ1n) is 3.95. The fourth-order valence-electron chi connectivity index (χ4n) is 0.955. The first kappa shape index (κ1) is 10.0. The quantitative estimate of drug-likeness (QED) is 0.594. The van der Waals surface area contributed by atoms with Crippen LogP contribution in [-0.4, -0.2) is 23.5 Å². The van der Waals surface area contributed by atoms with Crippen molar-refractivity contribution < 1.29 is 14.7 Å². The lowest BCUT2D eigenvalue weighted by molar-refractivity contribution is -0.135. The molecule has 1 rings (SSSR count). The van der Waals surface area contributed by atoms with Crippen molar-refractivity contribution in [2.45, 2.75) is 0 Å². The topological polar surface area (TPSA) is 92.4 Å². The molecule has 14 heavy (non-hydrogen) atoms. The van der Waals surface area contributed by atoms with E-state index in [2.05, 4.69) is 5.32 Å². The Morgan fingerprint density at radius 3 is 2.57 bits per heavy atom. The Balaban J connectivity index is 2.70. The number of nitrogens with two attached hydrogens (primary N) is 1. The minimum absolute atomic E-state index is 0.286. The maximum absolute atomic E-state index is 11.3. The highest BCUT2D eigenvalue weighted by molar-refractivity contribution is 6.00. The summed E-state index contributed by atoms with van der Waals surface area (Å²) in [6.45, 7) is -0.410. The van der Waals surface area contributed by atoms with Gasteiger partial charge in [-0.15, -0.1) is 0 Å². The van der Waals surface area contributed by atoms with Gasteiger partial charge in [-0.1, -0.05) is 12.1 Å². The summed E-state index contributed by atoms with van der Waals surface area (Å²) in [6.07, 6.45) is 0. The highest BCUT2D eigenvalue weighted by Gasteiger charge is 2.08. The monoisotopic (exact) mass is 194 g/mol.